The predicted molar refractivity (Wildman–Crippen MR) is 71.8 cm³/mol. The highest BCUT2D eigenvalue weighted by Crippen LogP contribution is 2.29. The highest BCUT2D eigenvalue weighted by atomic mass is 16.5. The van der Waals surface area contributed by atoms with E-state index >= 15 is 0 Å². The lowest BCUT2D eigenvalue weighted by Gasteiger charge is -2.22. The predicted octanol–water partition coefficient (Wildman–Crippen LogP) is 0.329. The maximum Gasteiger partial charge on any atom is 0.234 e. The Hall–Kier alpha value is -1.40. The van der Waals surface area contributed by atoms with E-state index in [2.05, 4.69) is 20.2 Å². The molecule has 6 heteroatoms. The number of aromatic nitrogens is 2. The van der Waals surface area contributed by atoms with Crippen molar-refractivity contribution in [1.82, 2.24) is 20.2 Å². The van der Waals surface area contributed by atoms with E-state index in [9.17, 15) is 4.79 Å². The Morgan fingerprint density at radius 2 is 2.42 bits per heavy atom. The number of methoxy groups -OCH3 is 1. The molecule has 1 saturated carbocycles. The number of nitrogens with one attached hydrogen (secondary N) is 2. The van der Waals surface area contributed by atoms with E-state index in [1.165, 1.54) is 0 Å². The van der Waals surface area contributed by atoms with Crippen molar-refractivity contribution in [2.75, 3.05) is 26.8 Å². The number of ether oxygens (including phenoxy) is 1. The standard InChI is InChI=1S/C13H22N4O2/c1-19-8-6-14-9-13(18)16-11-3-2-4-12(11)17-7-5-15-10-17/h5,7,10-12,14H,2-4,6,8-9H2,1H3,(H,16,18). The summed E-state index contributed by atoms with van der Waals surface area (Å²) < 4.78 is 7.01. The van der Waals surface area contributed by atoms with Gasteiger partial charge in [-0.05, 0) is 19.3 Å². The van der Waals surface area contributed by atoms with Crippen molar-refractivity contribution >= 4 is 5.91 Å². The van der Waals surface area contributed by atoms with E-state index in [0.717, 1.165) is 19.3 Å². The molecule has 2 atom stereocenters. The van der Waals surface area contributed by atoms with Gasteiger partial charge in [0, 0.05) is 32.1 Å². The number of nitrogens with zero attached hydrogens (tertiary/aromatic N) is 2. The Morgan fingerprint density at radius 3 is 3.16 bits per heavy atom. The van der Waals surface area contributed by atoms with Gasteiger partial charge in [-0.2, -0.15) is 0 Å². The summed E-state index contributed by atoms with van der Waals surface area (Å²) in [5, 5.41) is 6.16. The molecule has 1 aromatic heterocycles. The Kier molecular flexibility index (Phi) is 5.35. The van der Waals surface area contributed by atoms with Crippen molar-refractivity contribution in [3.8, 4) is 0 Å². The summed E-state index contributed by atoms with van der Waals surface area (Å²) in [7, 11) is 1.65. The highest BCUT2D eigenvalue weighted by molar-refractivity contribution is 5.78. The third kappa shape index (κ3) is 4.04. The molecular formula is C13H22N4O2. The van der Waals surface area contributed by atoms with Crippen molar-refractivity contribution in [1.29, 1.82) is 0 Å². The van der Waals surface area contributed by atoms with Gasteiger partial charge in [-0.3, -0.25) is 4.79 Å². The van der Waals surface area contributed by atoms with Crippen molar-refractivity contribution in [3.05, 3.63) is 18.7 Å². The number of hydrogen-bond donors (Lipinski definition) is 2. The number of carbonyl (C=O) groups excluding carboxylic acids is 1. The number of imidazole rings is 1. The second-order valence-electron chi connectivity index (χ2n) is 4.85. The minimum Gasteiger partial charge on any atom is -0.383 e. The Morgan fingerprint density at radius 1 is 1.53 bits per heavy atom. The number of amides is 1. The van der Waals surface area contributed by atoms with Gasteiger partial charge >= 0.3 is 0 Å². The SMILES string of the molecule is COCCNCC(=O)NC1CCCC1n1ccnc1. The topological polar surface area (TPSA) is 68.2 Å². The van der Waals surface area contributed by atoms with Crippen LogP contribution >= 0.6 is 0 Å². The lowest BCUT2D eigenvalue weighted by atomic mass is 10.1. The van der Waals surface area contributed by atoms with Crippen molar-refractivity contribution in [3.63, 3.8) is 0 Å². The smallest absolute Gasteiger partial charge is 0.234 e. The van der Waals surface area contributed by atoms with Crippen LogP contribution in [-0.4, -0.2) is 48.3 Å². The van der Waals surface area contributed by atoms with Crippen LogP contribution in [0.15, 0.2) is 18.7 Å². The average molecular weight is 266 g/mol. The van der Waals surface area contributed by atoms with Crippen molar-refractivity contribution < 1.29 is 9.53 Å². The van der Waals surface area contributed by atoms with Crippen LogP contribution in [0, 0.1) is 0 Å². The molecule has 1 aromatic rings. The van der Waals surface area contributed by atoms with Gasteiger partial charge in [-0.1, -0.05) is 0 Å². The molecular weight excluding hydrogens is 244 g/mol. The first-order valence-electron chi connectivity index (χ1n) is 6.77. The first-order valence-corrected chi connectivity index (χ1v) is 6.77. The summed E-state index contributed by atoms with van der Waals surface area (Å²) in [6.45, 7) is 1.66. The molecule has 1 amide bonds. The third-order valence-electron chi connectivity index (χ3n) is 3.50. The van der Waals surface area contributed by atoms with Crippen LogP contribution in [0.4, 0.5) is 0 Å². The molecule has 1 aliphatic rings. The minimum atomic E-state index is 0.0492. The van der Waals surface area contributed by atoms with Gasteiger partial charge in [0.25, 0.3) is 0 Å². The minimum absolute atomic E-state index is 0.0492. The van der Waals surface area contributed by atoms with E-state index in [4.69, 9.17) is 4.74 Å². The molecule has 0 bridgehead atoms. The number of rotatable bonds is 7. The molecule has 1 heterocycles. The van der Waals surface area contributed by atoms with Crippen LogP contribution in [0.1, 0.15) is 25.3 Å². The fourth-order valence-corrected chi connectivity index (χ4v) is 2.57. The summed E-state index contributed by atoms with van der Waals surface area (Å²) in [6, 6.07) is 0.552. The summed E-state index contributed by atoms with van der Waals surface area (Å²) in [5.41, 5.74) is 0. The molecule has 1 aliphatic carbocycles. The van der Waals surface area contributed by atoms with E-state index in [-0.39, 0.29) is 11.9 Å². The lowest BCUT2D eigenvalue weighted by Crippen LogP contribution is -2.43. The van der Waals surface area contributed by atoms with Crippen molar-refractivity contribution in [2.45, 2.75) is 31.3 Å². The molecule has 2 unspecified atom stereocenters. The normalized spacial score (nSPS) is 22.6. The second kappa shape index (κ2) is 7.25. The average Bonchev–Trinajstić information content (AvgIpc) is 3.04. The largest absolute Gasteiger partial charge is 0.383 e. The molecule has 106 valence electrons. The molecule has 6 nitrogen and oxygen atoms in total. The molecule has 0 aliphatic heterocycles. The fourth-order valence-electron chi connectivity index (χ4n) is 2.57. The van der Waals surface area contributed by atoms with Gasteiger partial charge in [0.15, 0.2) is 0 Å². The highest BCUT2D eigenvalue weighted by Gasteiger charge is 2.29. The summed E-state index contributed by atoms with van der Waals surface area (Å²) in [5.74, 6) is 0.0492. The van der Waals surface area contributed by atoms with Crippen LogP contribution in [0.5, 0.6) is 0 Å². The quantitative estimate of drug-likeness (QED) is 0.698. The van der Waals surface area contributed by atoms with Gasteiger partial charge in [0.1, 0.15) is 0 Å². The molecule has 0 saturated heterocycles. The monoisotopic (exact) mass is 266 g/mol. The summed E-state index contributed by atoms with van der Waals surface area (Å²) in [4.78, 5) is 15.9. The third-order valence-corrected chi connectivity index (χ3v) is 3.50. The Labute approximate surface area is 113 Å². The van der Waals surface area contributed by atoms with E-state index in [1.807, 2.05) is 12.5 Å². The van der Waals surface area contributed by atoms with Gasteiger partial charge in [-0.25, -0.2) is 4.98 Å². The van der Waals surface area contributed by atoms with Crippen LogP contribution in [-0.2, 0) is 9.53 Å². The van der Waals surface area contributed by atoms with Crippen LogP contribution in [0.3, 0.4) is 0 Å². The number of carbonyl (C=O) groups is 1. The zero-order valence-electron chi connectivity index (χ0n) is 11.3. The summed E-state index contributed by atoms with van der Waals surface area (Å²) in [6.07, 6.45) is 8.84. The molecule has 0 spiro atoms. The first kappa shape index (κ1) is 14.0. The Balaban J connectivity index is 1.76. The van der Waals surface area contributed by atoms with E-state index in [0.29, 0.717) is 25.7 Å². The maximum atomic E-state index is 11.8. The maximum absolute atomic E-state index is 11.8. The first-order chi connectivity index (χ1) is 9.31. The van der Waals surface area contributed by atoms with Gasteiger partial charge in [0.05, 0.1) is 25.5 Å². The zero-order valence-corrected chi connectivity index (χ0v) is 11.3. The molecule has 1 fully saturated rings. The molecule has 0 aromatic carbocycles. The lowest BCUT2D eigenvalue weighted by molar-refractivity contribution is -0.121. The molecule has 2 rings (SSSR count). The van der Waals surface area contributed by atoms with E-state index in [1.54, 1.807) is 13.3 Å². The molecule has 0 radical (unpaired) electrons. The van der Waals surface area contributed by atoms with Gasteiger partial charge < -0.3 is 19.9 Å². The molecule has 19 heavy (non-hydrogen) atoms. The van der Waals surface area contributed by atoms with Crippen LogP contribution in [0.2, 0.25) is 0 Å². The second-order valence-corrected chi connectivity index (χ2v) is 4.85. The zero-order chi connectivity index (χ0) is 13.5. The van der Waals surface area contributed by atoms with Crippen LogP contribution < -0.4 is 10.6 Å². The summed E-state index contributed by atoms with van der Waals surface area (Å²) >= 11 is 0. The fraction of sp³-hybridized carbons (Fsp3) is 0.692. The van der Waals surface area contributed by atoms with Crippen molar-refractivity contribution in [2.24, 2.45) is 0 Å². The number of hydrogen-bond acceptors (Lipinski definition) is 4. The Bertz CT molecular complexity index is 380. The van der Waals surface area contributed by atoms with Crippen LogP contribution in [0.25, 0.3) is 0 Å². The molecule has 2 N–H and O–H groups in total. The van der Waals surface area contributed by atoms with E-state index < -0.39 is 0 Å². The van der Waals surface area contributed by atoms with Gasteiger partial charge in [-0.15, -0.1) is 0 Å². The van der Waals surface area contributed by atoms with Gasteiger partial charge in [0.2, 0.25) is 5.91 Å².